The summed E-state index contributed by atoms with van der Waals surface area (Å²) in [5.74, 6) is 0. The van der Waals surface area contributed by atoms with Crippen LogP contribution in [0.5, 0.6) is 0 Å². The third-order valence-corrected chi connectivity index (χ3v) is 2.33. The van der Waals surface area contributed by atoms with Gasteiger partial charge in [0.15, 0.2) is 10.1 Å². The number of aryl methyl sites for hydroxylation is 2. The van der Waals surface area contributed by atoms with Crippen molar-refractivity contribution in [3.63, 3.8) is 0 Å². The first-order valence-corrected chi connectivity index (χ1v) is 6.09. The van der Waals surface area contributed by atoms with E-state index in [4.69, 9.17) is 13.0 Å². The van der Waals surface area contributed by atoms with E-state index in [-0.39, 0.29) is 0 Å². The van der Waals surface area contributed by atoms with Crippen LogP contribution in [0.15, 0.2) is 18.7 Å². The van der Waals surface area contributed by atoms with E-state index in [1.165, 1.54) is 0 Å². The first-order valence-electron chi connectivity index (χ1n) is 4.68. The summed E-state index contributed by atoms with van der Waals surface area (Å²) in [7, 11) is -6.09. The molecule has 1 aromatic rings. The van der Waals surface area contributed by atoms with Gasteiger partial charge in [-0.1, -0.05) is 0 Å². The molecule has 0 aromatic carbocycles. The van der Waals surface area contributed by atoms with E-state index in [0.717, 1.165) is 13.1 Å². The molecule has 17 heavy (non-hydrogen) atoms. The molecular formula is C8H13F3N2O3S. The van der Waals surface area contributed by atoms with E-state index in [0.29, 0.717) is 0 Å². The maximum atomic E-state index is 10.7. The number of rotatable bonds is 2. The summed E-state index contributed by atoms with van der Waals surface area (Å²) >= 11 is 0. The minimum absolute atomic E-state index is 1.06. The van der Waals surface area contributed by atoms with E-state index >= 15 is 0 Å². The van der Waals surface area contributed by atoms with E-state index in [1.54, 1.807) is 0 Å². The average molecular weight is 274 g/mol. The predicted octanol–water partition coefficient (Wildman–Crippen LogP) is 0.867. The highest BCUT2D eigenvalue weighted by Gasteiger charge is 2.36. The maximum Gasteiger partial charge on any atom is 0.485 e. The van der Waals surface area contributed by atoms with Crippen molar-refractivity contribution in [3.05, 3.63) is 18.7 Å². The molecule has 0 aliphatic rings. The summed E-state index contributed by atoms with van der Waals surface area (Å²) in [6.07, 6.45) is 6.28. The van der Waals surface area contributed by atoms with Crippen molar-refractivity contribution in [2.45, 2.75) is 32.4 Å². The lowest BCUT2D eigenvalue weighted by atomic mass is 10.7. The smallest absolute Gasteiger partial charge is 0.485 e. The van der Waals surface area contributed by atoms with Gasteiger partial charge in [0.05, 0.1) is 13.1 Å². The topological polar surface area (TPSA) is 66.0 Å². The molecule has 0 aliphatic heterocycles. The van der Waals surface area contributed by atoms with Crippen LogP contribution in [-0.2, 0) is 23.2 Å². The zero-order valence-corrected chi connectivity index (χ0v) is 10.1. The Bertz CT molecular complexity index is 421. The van der Waals surface area contributed by atoms with Gasteiger partial charge in [0, 0.05) is 0 Å². The summed E-state index contributed by atoms with van der Waals surface area (Å²) in [6, 6.07) is 0. The Morgan fingerprint density at radius 2 is 1.82 bits per heavy atom. The SMILES string of the molecule is CCn1cc[n+](CC)c1.O=S(=O)([O-])C(F)(F)F. The Hall–Kier alpha value is -1.09. The van der Waals surface area contributed by atoms with Gasteiger partial charge >= 0.3 is 5.51 Å². The molecule has 0 unspecified atom stereocenters. The third kappa shape index (κ3) is 5.68. The normalized spacial score (nSPS) is 11.9. The van der Waals surface area contributed by atoms with Crippen LogP contribution < -0.4 is 4.57 Å². The summed E-state index contributed by atoms with van der Waals surface area (Å²) in [5, 5.41) is 0. The lowest BCUT2D eigenvalue weighted by Gasteiger charge is -2.08. The van der Waals surface area contributed by atoms with Crippen LogP contribution in [0.3, 0.4) is 0 Å². The molecular weight excluding hydrogens is 261 g/mol. The fourth-order valence-corrected chi connectivity index (χ4v) is 0.813. The lowest BCUT2D eigenvalue weighted by molar-refractivity contribution is -0.693. The number of imidazole rings is 1. The zero-order chi connectivity index (χ0) is 13.7. The number of nitrogens with zero attached hydrogens (tertiary/aromatic N) is 2. The fourth-order valence-electron chi connectivity index (χ4n) is 0.813. The molecule has 0 aliphatic carbocycles. The number of halogens is 3. The molecule has 0 fully saturated rings. The molecule has 100 valence electrons. The van der Waals surface area contributed by atoms with Crippen LogP contribution in [0.2, 0.25) is 0 Å². The molecule has 1 rings (SSSR count). The highest BCUT2D eigenvalue weighted by atomic mass is 32.2. The van der Waals surface area contributed by atoms with Crippen LogP contribution >= 0.6 is 0 Å². The predicted molar refractivity (Wildman–Crippen MR) is 51.7 cm³/mol. The van der Waals surface area contributed by atoms with Crippen molar-refractivity contribution >= 4 is 10.1 Å². The first kappa shape index (κ1) is 15.9. The van der Waals surface area contributed by atoms with Gasteiger partial charge in [-0.3, -0.25) is 0 Å². The van der Waals surface area contributed by atoms with Gasteiger partial charge < -0.3 is 4.55 Å². The first-order chi connectivity index (χ1) is 7.61. The number of alkyl halides is 3. The molecule has 0 N–H and O–H groups in total. The highest BCUT2D eigenvalue weighted by Crippen LogP contribution is 2.20. The molecule has 9 heteroatoms. The van der Waals surface area contributed by atoms with Crippen molar-refractivity contribution in [1.29, 1.82) is 0 Å². The van der Waals surface area contributed by atoms with Gasteiger partial charge in [-0.2, -0.15) is 13.2 Å². The van der Waals surface area contributed by atoms with E-state index < -0.39 is 15.6 Å². The summed E-state index contributed by atoms with van der Waals surface area (Å²) in [4.78, 5) is 0. The van der Waals surface area contributed by atoms with Gasteiger partial charge in [-0.15, -0.1) is 0 Å². The van der Waals surface area contributed by atoms with Crippen LogP contribution in [0.1, 0.15) is 13.8 Å². The van der Waals surface area contributed by atoms with Crippen LogP contribution in [0.4, 0.5) is 13.2 Å². The van der Waals surface area contributed by atoms with Crippen LogP contribution in [-0.4, -0.2) is 23.0 Å². The van der Waals surface area contributed by atoms with Crippen molar-refractivity contribution in [3.8, 4) is 0 Å². The monoisotopic (exact) mass is 274 g/mol. The zero-order valence-electron chi connectivity index (χ0n) is 9.31. The molecule has 0 radical (unpaired) electrons. The van der Waals surface area contributed by atoms with E-state index in [1.807, 2.05) is 0 Å². The molecule has 0 amide bonds. The Balaban J connectivity index is 0.000000304. The second-order valence-corrected chi connectivity index (χ2v) is 4.35. The van der Waals surface area contributed by atoms with Gasteiger partial charge in [-0.25, -0.2) is 17.6 Å². The molecule has 1 aromatic heterocycles. The second-order valence-electron chi connectivity index (χ2n) is 2.97. The minimum atomic E-state index is -6.09. The Morgan fingerprint density at radius 3 is 2.00 bits per heavy atom. The molecule has 1 heterocycles. The number of hydrogen-bond acceptors (Lipinski definition) is 3. The lowest BCUT2D eigenvalue weighted by Crippen LogP contribution is -2.28. The average Bonchev–Trinajstić information content (AvgIpc) is 2.63. The Labute approximate surface area is 97.2 Å². The van der Waals surface area contributed by atoms with Gasteiger partial charge in [-0.05, 0) is 13.8 Å². The highest BCUT2D eigenvalue weighted by molar-refractivity contribution is 7.86. The van der Waals surface area contributed by atoms with E-state index in [9.17, 15) is 13.2 Å². The van der Waals surface area contributed by atoms with E-state index in [2.05, 4.69) is 41.7 Å². The van der Waals surface area contributed by atoms with Gasteiger partial charge in [0.25, 0.3) is 0 Å². The van der Waals surface area contributed by atoms with Crippen molar-refractivity contribution in [1.82, 2.24) is 4.57 Å². The summed E-state index contributed by atoms with van der Waals surface area (Å²) < 4.78 is 63.2. The molecule has 0 saturated carbocycles. The largest absolute Gasteiger partial charge is 0.741 e. The van der Waals surface area contributed by atoms with Crippen LogP contribution in [0, 0.1) is 0 Å². The quantitative estimate of drug-likeness (QED) is 0.456. The van der Waals surface area contributed by atoms with Gasteiger partial charge in [0.1, 0.15) is 12.4 Å². The Kier molecular flexibility index (Phi) is 5.62. The maximum absolute atomic E-state index is 10.7. The molecule has 0 spiro atoms. The van der Waals surface area contributed by atoms with Crippen molar-refractivity contribution in [2.24, 2.45) is 0 Å². The van der Waals surface area contributed by atoms with Crippen LogP contribution in [0.25, 0.3) is 0 Å². The molecule has 0 saturated heterocycles. The summed E-state index contributed by atoms with van der Waals surface area (Å²) in [6.45, 7) is 6.40. The van der Waals surface area contributed by atoms with Gasteiger partial charge in [0.2, 0.25) is 6.33 Å². The minimum Gasteiger partial charge on any atom is -0.741 e. The second kappa shape index (κ2) is 6.01. The number of aromatic nitrogens is 2. The third-order valence-electron chi connectivity index (χ3n) is 1.76. The molecule has 0 atom stereocenters. The fraction of sp³-hybridized carbons (Fsp3) is 0.625. The number of hydrogen-bond donors (Lipinski definition) is 0. The molecule has 5 nitrogen and oxygen atoms in total. The summed E-state index contributed by atoms with van der Waals surface area (Å²) in [5.41, 5.74) is -5.65. The molecule has 0 bridgehead atoms. The van der Waals surface area contributed by atoms with Crippen molar-refractivity contribution < 1.29 is 30.7 Å². The Morgan fingerprint density at radius 1 is 1.35 bits per heavy atom. The standard InChI is InChI=1S/C7H13N2.CHF3O3S/c1-3-8-5-6-9(4-2)7-8;2-1(3,4)8(5,6)7/h5-7H,3-4H2,1-2H3;(H,5,6,7)/q+1;/p-1. The van der Waals surface area contributed by atoms with Crippen molar-refractivity contribution in [2.75, 3.05) is 0 Å².